The number of hydrogen-bond donors (Lipinski definition) is 0. The summed E-state index contributed by atoms with van der Waals surface area (Å²) in [4.78, 5) is 15.4. The Morgan fingerprint density at radius 1 is 1.13 bits per heavy atom. The van der Waals surface area contributed by atoms with Gasteiger partial charge in [-0.2, -0.15) is 4.31 Å². The molecule has 2 aliphatic heterocycles. The van der Waals surface area contributed by atoms with Gasteiger partial charge in [-0.05, 0) is 55.5 Å². The zero-order valence-corrected chi connectivity index (χ0v) is 19.2. The highest BCUT2D eigenvalue weighted by Gasteiger charge is 2.32. The van der Waals surface area contributed by atoms with E-state index in [0.29, 0.717) is 55.4 Å². The maximum atomic E-state index is 13.4. The zero-order chi connectivity index (χ0) is 22.0. The molecule has 2 aromatic rings. The molecule has 0 aromatic heterocycles. The predicted octanol–water partition coefficient (Wildman–Crippen LogP) is 3.52. The molecular formula is C23H27ClN2O4S. The molecule has 1 unspecified atom stereocenters. The summed E-state index contributed by atoms with van der Waals surface area (Å²) in [6, 6.07) is 12.7. The van der Waals surface area contributed by atoms with Gasteiger partial charge in [-0.1, -0.05) is 35.9 Å². The quantitative estimate of drug-likeness (QED) is 0.681. The van der Waals surface area contributed by atoms with E-state index in [1.807, 2.05) is 29.2 Å². The Balaban J connectivity index is 1.58. The number of amides is 1. The summed E-state index contributed by atoms with van der Waals surface area (Å²) >= 11 is 6.33. The van der Waals surface area contributed by atoms with Gasteiger partial charge in [-0.25, -0.2) is 8.42 Å². The van der Waals surface area contributed by atoms with E-state index >= 15 is 0 Å². The summed E-state index contributed by atoms with van der Waals surface area (Å²) in [5, 5.41) is 0.705. The second-order valence-electron chi connectivity index (χ2n) is 8.09. The van der Waals surface area contributed by atoms with Gasteiger partial charge >= 0.3 is 0 Å². The van der Waals surface area contributed by atoms with Crippen LogP contribution in [0.15, 0.2) is 47.4 Å². The molecule has 1 atom stereocenters. The molecule has 0 bridgehead atoms. The lowest BCUT2D eigenvalue weighted by molar-refractivity contribution is 0.0727. The molecule has 0 N–H and O–H groups in total. The number of aryl methyl sites for hydroxylation is 1. The Labute approximate surface area is 188 Å². The molecule has 2 saturated heterocycles. The first-order valence-electron chi connectivity index (χ1n) is 10.6. The van der Waals surface area contributed by atoms with E-state index in [9.17, 15) is 13.2 Å². The van der Waals surface area contributed by atoms with Crippen LogP contribution < -0.4 is 0 Å². The normalized spacial score (nSPS) is 20.2. The largest absolute Gasteiger partial charge is 0.379 e. The van der Waals surface area contributed by atoms with Crippen molar-refractivity contribution in [3.63, 3.8) is 0 Å². The van der Waals surface area contributed by atoms with Gasteiger partial charge in [-0.3, -0.25) is 4.79 Å². The summed E-state index contributed by atoms with van der Waals surface area (Å²) in [5.74, 6) is -0.131. The summed E-state index contributed by atoms with van der Waals surface area (Å²) in [5.41, 5.74) is 2.06. The van der Waals surface area contributed by atoms with Gasteiger partial charge < -0.3 is 9.64 Å². The number of benzene rings is 2. The number of morpholine rings is 1. The molecule has 2 heterocycles. The molecule has 2 aliphatic rings. The second kappa shape index (κ2) is 9.28. The molecule has 0 radical (unpaired) electrons. The van der Waals surface area contributed by atoms with Crippen LogP contribution in [0.4, 0.5) is 0 Å². The fourth-order valence-electron chi connectivity index (χ4n) is 4.34. The van der Waals surface area contributed by atoms with Crippen molar-refractivity contribution in [2.24, 2.45) is 0 Å². The number of ether oxygens (including phenoxy) is 1. The van der Waals surface area contributed by atoms with Crippen LogP contribution in [0.5, 0.6) is 0 Å². The van der Waals surface area contributed by atoms with Gasteiger partial charge in [0, 0.05) is 36.3 Å². The van der Waals surface area contributed by atoms with Crippen LogP contribution in [-0.2, 0) is 21.2 Å². The number of likely N-dealkylation sites (tertiary alicyclic amines) is 1. The van der Waals surface area contributed by atoms with Crippen LogP contribution in [0.2, 0.25) is 5.02 Å². The summed E-state index contributed by atoms with van der Waals surface area (Å²) < 4.78 is 33.1. The van der Waals surface area contributed by atoms with E-state index in [-0.39, 0.29) is 16.8 Å². The lowest BCUT2D eigenvalue weighted by atomic mass is 10.0. The topological polar surface area (TPSA) is 66.9 Å². The van der Waals surface area contributed by atoms with Crippen molar-refractivity contribution in [2.75, 3.05) is 32.8 Å². The first kappa shape index (κ1) is 22.3. The summed E-state index contributed by atoms with van der Waals surface area (Å²) in [6.07, 6.45) is 2.52. The molecule has 4 rings (SSSR count). The van der Waals surface area contributed by atoms with E-state index in [0.717, 1.165) is 18.4 Å². The highest BCUT2D eigenvalue weighted by Crippen LogP contribution is 2.28. The molecule has 2 aromatic carbocycles. The number of halogens is 1. The van der Waals surface area contributed by atoms with Crippen molar-refractivity contribution >= 4 is 27.5 Å². The van der Waals surface area contributed by atoms with E-state index in [4.69, 9.17) is 16.3 Å². The lowest BCUT2D eigenvalue weighted by Gasteiger charge is -2.28. The molecule has 31 heavy (non-hydrogen) atoms. The highest BCUT2D eigenvalue weighted by molar-refractivity contribution is 7.89. The predicted molar refractivity (Wildman–Crippen MR) is 120 cm³/mol. The molecule has 0 saturated carbocycles. The number of rotatable bonds is 5. The number of sulfonamides is 1. The van der Waals surface area contributed by atoms with Crippen molar-refractivity contribution in [1.82, 2.24) is 9.21 Å². The Bertz CT molecular complexity index is 1070. The van der Waals surface area contributed by atoms with Gasteiger partial charge in [0.25, 0.3) is 5.91 Å². The van der Waals surface area contributed by atoms with Crippen LogP contribution >= 0.6 is 11.6 Å². The van der Waals surface area contributed by atoms with Crippen molar-refractivity contribution in [1.29, 1.82) is 0 Å². The maximum Gasteiger partial charge on any atom is 0.254 e. The van der Waals surface area contributed by atoms with Crippen molar-refractivity contribution < 1.29 is 17.9 Å². The smallest absolute Gasteiger partial charge is 0.254 e. The standard InChI is InChI=1S/C23H27ClN2O4S/c1-17-8-9-19(16-22(17)31(28,29)25-11-13-30-14-12-25)23(27)26-10-4-6-20(26)15-18-5-2-3-7-21(18)24/h2-3,5,7-9,16,20H,4,6,10-15H2,1H3. The van der Waals surface area contributed by atoms with E-state index in [2.05, 4.69) is 0 Å². The Morgan fingerprint density at radius 2 is 1.87 bits per heavy atom. The van der Waals surface area contributed by atoms with Crippen molar-refractivity contribution in [2.45, 2.75) is 37.1 Å². The summed E-state index contributed by atoms with van der Waals surface area (Å²) in [6.45, 7) is 3.84. The van der Waals surface area contributed by atoms with Gasteiger partial charge in [0.05, 0.1) is 18.1 Å². The van der Waals surface area contributed by atoms with E-state index in [1.165, 1.54) is 10.4 Å². The average Bonchev–Trinajstić information content (AvgIpc) is 3.24. The van der Waals surface area contributed by atoms with Crippen LogP contribution in [-0.4, -0.2) is 62.4 Å². The number of hydrogen-bond acceptors (Lipinski definition) is 4. The fraction of sp³-hybridized carbons (Fsp3) is 0.435. The Morgan fingerprint density at radius 3 is 2.61 bits per heavy atom. The second-order valence-corrected chi connectivity index (χ2v) is 10.4. The molecule has 1 amide bonds. The first-order valence-corrected chi connectivity index (χ1v) is 12.4. The minimum atomic E-state index is -3.67. The zero-order valence-electron chi connectivity index (χ0n) is 17.6. The van der Waals surface area contributed by atoms with Crippen LogP contribution in [0, 0.1) is 6.92 Å². The van der Waals surface area contributed by atoms with Gasteiger partial charge in [0.15, 0.2) is 0 Å². The third kappa shape index (κ3) is 4.65. The molecule has 6 nitrogen and oxygen atoms in total. The Hall–Kier alpha value is -1.93. The third-order valence-corrected chi connectivity index (χ3v) is 8.48. The third-order valence-electron chi connectivity index (χ3n) is 6.07. The highest BCUT2D eigenvalue weighted by atomic mass is 35.5. The molecule has 0 aliphatic carbocycles. The minimum absolute atomic E-state index is 0.0491. The number of carbonyl (C=O) groups excluding carboxylic acids is 1. The van der Waals surface area contributed by atoms with Crippen molar-refractivity contribution in [3.8, 4) is 0 Å². The van der Waals surface area contributed by atoms with Gasteiger partial charge in [-0.15, -0.1) is 0 Å². The molecule has 2 fully saturated rings. The minimum Gasteiger partial charge on any atom is -0.379 e. The van der Waals surface area contributed by atoms with Gasteiger partial charge in [0.2, 0.25) is 10.0 Å². The average molecular weight is 463 g/mol. The van der Waals surface area contributed by atoms with Gasteiger partial charge in [0.1, 0.15) is 0 Å². The lowest BCUT2D eigenvalue weighted by Crippen LogP contribution is -2.41. The van der Waals surface area contributed by atoms with E-state index in [1.54, 1.807) is 19.1 Å². The Kier molecular flexibility index (Phi) is 6.67. The van der Waals surface area contributed by atoms with Crippen LogP contribution in [0.1, 0.15) is 34.3 Å². The SMILES string of the molecule is Cc1ccc(C(=O)N2CCCC2Cc2ccccc2Cl)cc1S(=O)(=O)N1CCOCC1. The fourth-order valence-corrected chi connectivity index (χ4v) is 6.21. The summed E-state index contributed by atoms with van der Waals surface area (Å²) in [7, 11) is -3.67. The first-order chi connectivity index (χ1) is 14.9. The van der Waals surface area contributed by atoms with Crippen molar-refractivity contribution in [3.05, 3.63) is 64.2 Å². The molecule has 0 spiro atoms. The molecule has 8 heteroatoms. The molecule has 166 valence electrons. The monoisotopic (exact) mass is 462 g/mol. The van der Waals surface area contributed by atoms with Crippen LogP contribution in [0.3, 0.4) is 0 Å². The van der Waals surface area contributed by atoms with E-state index < -0.39 is 10.0 Å². The number of carbonyl (C=O) groups is 1. The molecular weight excluding hydrogens is 436 g/mol. The van der Waals surface area contributed by atoms with Crippen LogP contribution in [0.25, 0.3) is 0 Å². The maximum absolute atomic E-state index is 13.4. The number of nitrogens with zero attached hydrogens (tertiary/aromatic N) is 2.